The topological polar surface area (TPSA) is 76.7 Å². The average molecular weight is 507 g/mol. The Bertz CT molecular complexity index is 693. The van der Waals surface area contributed by atoms with Gasteiger partial charge in [-0.3, -0.25) is 0 Å². The molecular formula is C31H54O5. The molecule has 0 bridgehead atoms. The van der Waals surface area contributed by atoms with Crippen LogP contribution in [0.4, 0.5) is 0 Å². The predicted molar refractivity (Wildman–Crippen MR) is 148 cm³/mol. The Morgan fingerprint density at radius 1 is 0.806 bits per heavy atom. The second kappa shape index (κ2) is 20.3. The summed E-state index contributed by atoms with van der Waals surface area (Å²) in [5.41, 5.74) is -0.127. The summed E-state index contributed by atoms with van der Waals surface area (Å²) in [4.78, 5) is 24.3. The first-order valence-electron chi connectivity index (χ1n) is 14.9. The van der Waals surface area contributed by atoms with Crippen molar-refractivity contribution in [3.63, 3.8) is 0 Å². The smallest absolute Gasteiger partial charge is 0.375 e. The minimum Gasteiger partial charge on any atom is -0.478 e. The summed E-state index contributed by atoms with van der Waals surface area (Å²) in [6.07, 6.45) is 22.4. The first kappa shape index (κ1) is 32.2. The molecule has 0 aliphatic heterocycles. The molecule has 208 valence electrons. The van der Waals surface area contributed by atoms with Crippen LogP contribution in [0.1, 0.15) is 164 Å². The molecule has 0 saturated heterocycles. The molecule has 1 N–H and O–H groups in total. The minimum atomic E-state index is -1.17. The maximum absolute atomic E-state index is 12.8. The van der Waals surface area contributed by atoms with E-state index in [-0.39, 0.29) is 17.4 Å². The summed E-state index contributed by atoms with van der Waals surface area (Å²) >= 11 is 0. The van der Waals surface area contributed by atoms with E-state index in [4.69, 9.17) is 9.15 Å². The zero-order valence-electron chi connectivity index (χ0n) is 23.7. The highest BCUT2D eigenvalue weighted by molar-refractivity contribution is 6.00. The molecule has 5 heteroatoms. The van der Waals surface area contributed by atoms with Crippen LogP contribution >= 0.6 is 0 Å². The van der Waals surface area contributed by atoms with Crippen molar-refractivity contribution in [3.8, 4) is 0 Å². The maximum atomic E-state index is 12.8. The van der Waals surface area contributed by atoms with Crippen LogP contribution < -0.4 is 0 Å². The number of unbranched alkanes of at least 4 members (excludes halogenated alkanes) is 10. The van der Waals surface area contributed by atoms with Gasteiger partial charge in [0.1, 0.15) is 11.7 Å². The van der Waals surface area contributed by atoms with Gasteiger partial charge >= 0.3 is 11.9 Å². The Kier molecular flexibility index (Phi) is 18.2. The largest absolute Gasteiger partial charge is 0.478 e. The molecule has 0 spiro atoms. The number of esters is 1. The van der Waals surface area contributed by atoms with Gasteiger partial charge in [0.25, 0.3) is 0 Å². The molecule has 0 saturated carbocycles. The summed E-state index contributed by atoms with van der Waals surface area (Å²) in [6.45, 7) is 9.03. The Balaban J connectivity index is 2.64. The van der Waals surface area contributed by atoms with Gasteiger partial charge in [0, 0.05) is 0 Å². The van der Waals surface area contributed by atoms with Crippen molar-refractivity contribution >= 4 is 11.9 Å². The summed E-state index contributed by atoms with van der Waals surface area (Å²) in [7, 11) is 0. The molecule has 1 rings (SSSR count). The van der Waals surface area contributed by atoms with Crippen molar-refractivity contribution in [2.75, 3.05) is 0 Å². The Morgan fingerprint density at radius 3 is 1.97 bits per heavy atom. The number of rotatable bonds is 23. The van der Waals surface area contributed by atoms with Crippen LogP contribution in [0.15, 0.2) is 16.7 Å². The number of furan rings is 1. The number of carbonyl (C=O) groups is 2. The van der Waals surface area contributed by atoms with Crippen molar-refractivity contribution in [1.82, 2.24) is 0 Å². The van der Waals surface area contributed by atoms with E-state index in [2.05, 4.69) is 27.7 Å². The molecule has 2 atom stereocenters. The van der Waals surface area contributed by atoms with Crippen molar-refractivity contribution < 1.29 is 23.8 Å². The van der Waals surface area contributed by atoms with E-state index in [0.717, 1.165) is 38.0 Å². The number of hydrogen-bond acceptors (Lipinski definition) is 4. The molecule has 2 unspecified atom stereocenters. The zero-order valence-corrected chi connectivity index (χ0v) is 23.7. The van der Waals surface area contributed by atoms with Gasteiger partial charge in [-0.2, -0.15) is 0 Å². The molecule has 0 aromatic carbocycles. The van der Waals surface area contributed by atoms with Gasteiger partial charge in [0.15, 0.2) is 0 Å². The number of aromatic carboxylic acids is 1. The SMILES string of the molecule is CCCCCCC(CCCC)CC(CCCCCCCCCC(C)C)OC(=O)c1occc1C(=O)O. The number of carboxylic acids is 1. The van der Waals surface area contributed by atoms with E-state index >= 15 is 0 Å². The van der Waals surface area contributed by atoms with Crippen LogP contribution in [0.3, 0.4) is 0 Å². The van der Waals surface area contributed by atoms with Gasteiger partial charge in [-0.05, 0) is 37.2 Å². The summed E-state index contributed by atoms with van der Waals surface area (Å²) in [5, 5.41) is 9.36. The quantitative estimate of drug-likeness (QED) is 0.118. The highest BCUT2D eigenvalue weighted by Gasteiger charge is 2.26. The van der Waals surface area contributed by atoms with Crippen LogP contribution in [0, 0.1) is 11.8 Å². The van der Waals surface area contributed by atoms with Crippen LogP contribution in [-0.2, 0) is 4.74 Å². The van der Waals surface area contributed by atoms with Crippen molar-refractivity contribution in [1.29, 1.82) is 0 Å². The summed E-state index contributed by atoms with van der Waals surface area (Å²) in [6, 6.07) is 1.31. The highest BCUT2D eigenvalue weighted by Crippen LogP contribution is 2.27. The molecule has 0 amide bonds. The first-order chi connectivity index (χ1) is 17.4. The number of carboxylic acid groups (broad SMARTS) is 1. The fourth-order valence-electron chi connectivity index (χ4n) is 4.98. The highest BCUT2D eigenvalue weighted by atomic mass is 16.6. The number of hydrogen-bond donors (Lipinski definition) is 1. The van der Waals surface area contributed by atoms with Gasteiger partial charge in [0.2, 0.25) is 5.76 Å². The van der Waals surface area contributed by atoms with Crippen LogP contribution in [0.2, 0.25) is 0 Å². The third-order valence-corrected chi connectivity index (χ3v) is 7.19. The lowest BCUT2D eigenvalue weighted by molar-refractivity contribution is 0.0164. The fourth-order valence-corrected chi connectivity index (χ4v) is 4.98. The molecule has 1 aromatic rings. The first-order valence-corrected chi connectivity index (χ1v) is 14.9. The molecule has 0 radical (unpaired) electrons. The lowest BCUT2D eigenvalue weighted by Crippen LogP contribution is -2.23. The third kappa shape index (κ3) is 14.7. The molecule has 36 heavy (non-hydrogen) atoms. The predicted octanol–water partition coefficient (Wildman–Crippen LogP) is 9.84. The average Bonchev–Trinajstić information content (AvgIpc) is 3.34. The summed E-state index contributed by atoms with van der Waals surface area (Å²) in [5.74, 6) is -0.673. The fraction of sp³-hybridized carbons (Fsp3) is 0.806. The Morgan fingerprint density at radius 2 is 1.36 bits per heavy atom. The van der Waals surface area contributed by atoms with Crippen LogP contribution in [0.5, 0.6) is 0 Å². The second-order valence-electron chi connectivity index (χ2n) is 11.0. The second-order valence-corrected chi connectivity index (χ2v) is 11.0. The Hall–Kier alpha value is -1.78. The van der Waals surface area contributed by atoms with Crippen LogP contribution in [-0.4, -0.2) is 23.1 Å². The molecule has 0 fully saturated rings. The molecule has 1 heterocycles. The van der Waals surface area contributed by atoms with Gasteiger partial charge in [0.05, 0.1) is 6.26 Å². The van der Waals surface area contributed by atoms with E-state index in [9.17, 15) is 14.7 Å². The molecule has 0 aliphatic rings. The van der Waals surface area contributed by atoms with Crippen LogP contribution in [0.25, 0.3) is 0 Å². The van der Waals surface area contributed by atoms with Crippen molar-refractivity contribution in [2.24, 2.45) is 11.8 Å². The van der Waals surface area contributed by atoms with Gasteiger partial charge in [-0.25, -0.2) is 9.59 Å². The van der Waals surface area contributed by atoms with Gasteiger partial charge in [-0.1, -0.05) is 124 Å². The standard InChI is InChI=1S/C31H54O5/c1-5-7-9-16-20-26(19-8-6-2)24-27(21-17-14-12-10-11-13-15-18-25(3)4)36-31(34)29-28(30(32)33)22-23-35-29/h22-23,25-27H,5-21,24H2,1-4H3,(H,32,33). The van der Waals surface area contributed by atoms with Gasteiger partial charge in [-0.15, -0.1) is 0 Å². The van der Waals surface area contributed by atoms with E-state index in [0.29, 0.717) is 5.92 Å². The number of ether oxygens (including phenoxy) is 1. The lowest BCUT2D eigenvalue weighted by Gasteiger charge is -2.24. The molecule has 5 nitrogen and oxygen atoms in total. The van der Waals surface area contributed by atoms with E-state index in [1.165, 1.54) is 95.8 Å². The third-order valence-electron chi connectivity index (χ3n) is 7.19. The normalized spacial score (nSPS) is 13.1. The minimum absolute atomic E-state index is 0.127. The Labute approximate surface area is 220 Å². The van der Waals surface area contributed by atoms with Crippen molar-refractivity contribution in [2.45, 2.75) is 149 Å². The monoisotopic (exact) mass is 506 g/mol. The maximum Gasteiger partial charge on any atom is 0.375 e. The van der Waals surface area contributed by atoms with E-state index < -0.39 is 11.9 Å². The van der Waals surface area contributed by atoms with E-state index in [1.807, 2.05) is 0 Å². The van der Waals surface area contributed by atoms with E-state index in [1.54, 1.807) is 0 Å². The molecule has 0 aliphatic carbocycles. The molecular weight excluding hydrogens is 452 g/mol. The summed E-state index contributed by atoms with van der Waals surface area (Å²) < 4.78 is 11.1. The van der Waals surface area contributed by atoms with Crippen molar-refractivity contribution in [3.05, 3.63) is 23.7 Å². The van der Waals surface area contributed by atoms with Gasteiger partial charge < -0.3 is 14.3 Å². The zero-order chi connectivity index (χ0) is 26.6. The number of carbonyl (C=O) groups excluding carboxylic acids is 1. The molecule has 1 aromatic heterocycles. The lowest BCUT2D eigenvalue weighted by atomic mass is 9.88.